The van der Waals surface area contributed by atoms with Crippen LogP contribution in [-0.2, 0) is 6.42 Å². The van der Waals surface area contributed by atoms with E-state index in [0.29, 0.717) is 19.3 Å². The summed E-state index contributed by atoms with van der Waals surface area (Å²) in [6.45, 7) is 1.94. The second kappa shape index (κ2) is 3.35. The van der Waals surface area contributed by atoms with Gasteiger partial charge in [-0.25, -0.2) is 4.39 Å². The summed E-state index contributed by atoms with van der Waals surface area (Å²) in [7, 11) is 0. The molecule has 0 bridgehead atoms. The largest absolute Gasteiger partial charge is 0.324 e. The van der Waals surface area contributed by atoms with Gasteiger partial charge in [-0.3, -0.25) is 0 Å². The third-order valence-electron chi connectivity index (χ3n) is 2.85. The third kappa shape index (κ3) is 1.95. The number of hydrogen-bond donors (Lipinski definition) is 1. The van der Waals surface area contributed by atoms with Crippen LogP contribution in [0, 0.1) is 0 Å². The fourth-order valence-corrected chi connectivity index (χ4v) is 1.79. The highest BCUT2D eigenvalue weighted by Gasteiger charge is 2.43. The SMILES string of the molecule is CC(N)c1ccccc1CC1(F)CC1. The minimum absolute atomic E-state index is 0.00597. The third-order valence-corrected chi connectivity index (χ3v) is 2.85. The van der Waals surface area contributed by atoms with Gasteiger partial charge in [-0.2, -0.15) is 0 Å². The zero-order chi connectivity index (χ0) is 10.2. The van der Waals surface area contributed by atoms with E-state index in [2.05, 4.69) is 0 Å². The zero-order valence-corrected chi connectivity index (χ0v) is 8.46. The molecule has 2 N–H and O–H groups in total. The lowest BCUT2D eigenvalue weighted by Crippen LogP contribution is -2.12. The molecule has 1 saturated carbocycles. The van der Waals surface area contributed by atoms with Crippen LogP contribution in [0.4, 0.5) is 4.39 Å². The summed E-state index contributed by atoms with van der Waals surface area (Å²) < 4.78 is 13.6. The van der Waals surface area contributed by atoms with E-state index in [1.165, 1.54) is 0 Å². The Labute approximate surface area is 84.1 Å². The maximum absolute atomic E-state index is 13.6. The average molecular weight is 193 g/mol. The van der Waals surface area contributed by atoms with Gasteiger partial charge in [-0.1, -0.05) is 24.3 Å². The van der Waals surface area contributed by atoms with Crippen molar-refractivity contribution in [2.45, 2.75) is 37.9 Å². The van der Waals surface area contributed by atoms with Crippen LogP contribution in [0.2, 0.25) is 0 Å². The van der Waals surface area contributed by atoms with E-state index in [9.17, 15) is 4.39 Å². The lowest BCUT2D eigenvalue weighted by molar-refractivity contribution is 0.307. The highest BCUT2D eigenvalue weighted by molar-refractivity contribution is 5.31. The van der Waals surface area contributed by atoms with Crippen molar-refractivity contribution in [1.82, 2.24) is 0 Å². The van der Waals surface area contributed by atoms with Crippen molar-refractivity contribution < 1.29 is 4.39 Å². The standard InChI is InChI=1S/C12H16FN/c1-9(14)11-5-3-2-4-10(11)8-12(13)6-7-12/h2-5,9H,6-8,14H2,1H3. The smallest absolute Gasteiger partial charge is 0.115 e. The molecule has 1 atom stereocenters. The normalized spacial score (nSPS) is 20.5. The number of halogens is 1. The fraction of sp³-hybridized carbons (Fsp3) is 0.500. The van der Waals surface area contributed by atoms with Gasteiger partial charge in [0.2, 0.25) is 0 Å². The fourth-order valence-electron chi connectivity index (χ4n) is 1.79. The van der Waals surface area contributed by atoms with Gasteiger partial charge in [0.15, 0.2) is 0 Å². The molecule has 2 rings (SSSR count). The van der Waals surface area contributed by atoms with Gasteiger partial charge in [0.05, 0.1) is 0 Å². The summed E-state index contributed by atoms with van der Waals surface area (Å²) in [5.41, 5.74) is 7.06. The number of hydrogen-bond acceptors (Lipinski definition) is 1. The molecule has 1 fully saturated rings. The van der Waals surface area contributed by atoms with Crippen LogP contribution >= 0.6 is 0 Å². The minimum Gasteiger partial charge on any atom is -0.324 e. The summed E-state index contributed by atoms with van der Waals surface area (Å²) >= 11 is 0. The van der Waals surface area contributed by atoms with E-state index in [-0.39, 0.29) is 6.04 Å². The van der Waals surface area contributed by atoms with Crippen molar-refractivity contribution in [3.63, 3.8) is 0 Å². The maximum Gasteiger partial charge on any atom is 0.115 e. The first-order valence-electron chi connectivity index (χ1n) is 5.13. The second-order valence-corrected chi connectivity index (χ2v) is 4.32. The first-order valence-corrected chi connectivity index (χ1v) is 5.13. The Balaban J connectivity index is 2.23. The minimum atomic E-state index is -0.926. The Hall–Kier alpha value is -0.890. The Morgan fingerprint density at radius 2 is 2.07 bits per heavy atom. The van der Waals surface area contributed by atoms with E-state index in [1.807, 2.05) is 31.2 Å². The van der Waals surface area contributed by atoms with Gasteiger partial charge in [-0.05, 0) is 30.9 Å². The van der Waals surface area contributed by atoms with Gasteiger partial charge >= 0.3 is 0 Å². The van der Waals surface area contributed by atoms with Gasteiger partial charge in [0.25, 0.3) is 0 Å². The van der Waals surface area contributed by atoms with E-state index >= 15 is 0 Å². The molecule has 0 heterocycles. The Morgan fingerprint density at radius 3 is 2.64 bits per heavy atom. The van der Waals surface area contributed by atoms with Crippen molar-refractivity contribution in [1.29, 1.82) is 0 Å². The highest BCUT2D eigenvalue weighted by atomic mass is 19.1. The Bertz CT molecular complexity index is 329. The van der Waals surface area contributed by atoms with Gasteiger partial charge in [0.1, 0.15) is 5.67 Å². The molecule has 1 unspecified atom stereocenters. The number of rotatable bonds is 3. The summed E-state index contributed by atoms with van der Waals surface area (Å²) in [4.78, 5) is 0. The Morgan fingerprint density at radius 1 is 1.43 bits per heavy atom. The predicted octanol–water partition coefficient (Wildman–Crippen LogP) is 2.75. The molecule has 0 aliphatic heterocycles. The van der Waals surface area contributed by atoms with Crippen LogP contribution in [-0.4, -0.2) is 5.67 Å². The molecule has 2 heteroatoms. The van der Waals surface area contributed by atoms with Crippen LogP contribution < -0.4 is 5.73 Å². The van der Waals surface area contributed by atoms with Crippen LogP contribution in [0.15, 0.2) is 24.3 Å². The number of nitrogens with two attached hydrogens (primary N) is 1. The molecule has 1 nitrogen and oxygen atoms in total. The molecule has 1 aromatic rings. The van der Waals surface area contributed by atoms with Gasteiger partial charge < -0.3 is 5.73 Å². The maximum atomic E-state index is 13.6. The predicted molar refractivity (Wildman–Crippen MR) is 55.8 cm³/mol. The lowest BCUT2D eigenvalue weighted by Gasteiger charge is -2.13. The van der Waals surface area contributed by atoms with Crippen molar-refractivity contribution in [3.8, 4) is 0 Å². The molecular weight excluding hydrogens is 177 g/mol. The average Bonchev–Trinajstić information content (AvgIpc) is 2.84. The molecule has 1 aliphatic carbocycles. The molecule has 0 saturated heterocycles. The summed E-state index contributed by atoms with van der Waals surface area (Å²) in [5, 5.41) is 0. The second-order valence-electron chi connectivity index (χ2n) is 4.32. The molecule has 76 valence electrons. The van der Waals surface area contributed by atoms with Gasteiger partial charge in [-0.15, -0.1) is 0 Å². The molecule has 14 heavy (non-hydrogen) atoms. The summed E-state index contributed by atoms with van der Waals surface area (Å²) in [5.74, 6) is 0. The number of benzene rings is 1. The van der Waals surface area contributed by atoms with Crippen LogP contribution in [0.25, 0.3) is 0 Å². The van der Waals surface area contributed by atoms with Crippen LogP contribution in [0.5, 0.6) is 0 Å². The van der Waals surface area contributed by atoms with Crippen molar-refractivity contribution in [2.24, 2.45) is 5.73 Å². The quantitative estimate of drug-likeness (QED) is 0.784. The first-order chi connectivity index (χ1) is 6.61. The molecule has 1 aromatic carbocycles. The van der Waals surface area contributed by atoms with E-state index in [0.717, 1.165) is 11.1 Å². The highest BCUT2D eigenvalue weighted by Crippen LogP contribution is 2.43. The van der Waals surface area contributed by atoms with Crippen molar-refractivity contribution in [3.05, 3.63) is 35.4 Å². The summed E-state index contributed by atoms with van der Waals surface area (Å²) in [6, 6.07) is 7.88. The molecule has 0 aromatic heterocycles. The van der Waals surface area contributed by atoms with Crippen molar-refractivity contribution in [2.75, 3.05) is 0 Å². The van der Waals surface area contributed by atoms with E-state index in [1.54, 1.807) is 0 Å². The first kappa shape index (κ1) is 9.66. The Kier molecular flexibility index (Phi) is 2.31. The lowest BCUT2D eigenvalue weighted by atomic mass is 9.97. The zero-order valence-electron chi connectivity index (χ0n) is 8.46. The molecule has 0 radical (unpaired) electrons. The molecule has 1 aliphatic rings. The topological polar surface area (TPSA) is 26.0 Å². The van der Waals surface area contributed by atoms with Gasteiger partial charge in [0, 0.05) is 12.5 Å². The molecule has 0 amide bonds. The van der Waals surface area contributed by atoms with Crippen LogP contribution in [0.3, 0.4) is 0 Å². The summed E-state index contributed by atoms with van der Waals surface area (Å²) in [6.07, 6.45) is 1.95. The van der Waals surface area contributed by atoms with E-state index in [4.69, 9.17) is 5.73 Å². The molecule has 0 spiro atoms. The number of alkyl halides is 1. The molecular formula is C12H16FN. The van der Waals surface area contributed by atoms with Crippen molar-refractivity contribution >= 4 is 0 Å². The van der Waals surface area contributed by atoms with Crippen LogP contribution in [0.1, 0.15) is 36.9 Å². The van der Waals surface area contributed by atoms with E-state index < -0.39 is 5.67 Å². The monoisotopic (exact) mass is 193 g/mol.